The second-order valence-electron chi connectivity index (χ2n) is 8.81. The van der Waals surface area contributed by atoms with E-state index in [1.807, 2.05) is 43.3 Å². The van der Waals surface area contributed by atoms with E-state index in [2.05, 4.69) is 19.1 Å². The van der Waals surface area contributed by atoms with Gasteiger partial charge in [0.25, 0.3) is 0 Å². The molecule has 0 bridgehead atoms. The van der Waals surface area contributed by atoms with Gasteiger partial charge in [0, 0.05) is 18.0 Å². The summed E-state index contributed by atoms with van der Waals surface area (Å²) in [4.78, 5) is 21.8. The molecular weight excluding hydrogens is 522 g/mol. The average molecular weight is 553 g/mol. The van der Waals surface area contributed by atoms with E-state index in [4.69, 9.17) is 21.4 Å². The number of halogens is 3. The summed E-state index contributed by atoms with van der Waals surface area (Å²) in [6.07, 6.45) is 0. The minimum Gasteiger partial charge on any atom is -0.508 e. The van der Waals surface area contributed by atoms with Crippen LogP contribution in [0.1, 0.15) is 56.8 Å². The standard InChI is InChI=1S/C16H15FO2.C8H9Cl.C8H7FO2/c1-11-3-5-13(6-4-11)10-19-14-7-8-15(12(2)18)16(17)9-14;1-7-2-4-8(6-9)5-3-7;1-5(10)7-3-2-6(11)4-8(7)9/h3-9H,10H2,1-2H3;2-5H,6H2,1H3;2-4,11H,1H3. The van der Waals surface area contributed by atoms with Gasteiger partial charge in [-0.15, -0.1) is 11.6 Å². The van der Waals surface area contributed by atoms with Crippen molar-refractivity contribution < 1.29 is 28.2 Å². The molecule has 0 heterocycles. The lowest BCUT2D eigenvalue weighted by Gasteiger charge is -2.08. The lowest BCUT2D eigenvalue weighted by atomic mass is 10.1. The molecule has 0 aliphatic heterocycles. The van der Waals surface area contributed by atoms with Crippen LogP contribution in [0.2, 0.25) is 0 Å². The van der Waals surface area contributed by atoms with E-state index in [1.54, 1.807) is 6.07 Å². The second-order valence-corrected chi connectivity index (χ2v) is 9.08. The van der Waals surface area contributed by atoms with Gasteiger partial charge in [-0.05, 0) is 63.1 Å². The Labute approximate surface area is 232 Å². The molecule has 4 aromatic carbocycles. The zero-order chi connectivity index (χ0) is 28.9. The summed E-state index contributed by atoms with van der Waals surface area (Å²) in [6, 6.07) is 23.9. The Hall–Kier alpha value is -4.03. The maximum absolute atomic E-state index is 13.6. The first-order valence-corrected chi connectivity index (χ1v) is 12.6. The van der Waals surface area contributed by atoms with Gasteiger partial charge in [0.15, 0.2) is 11.6 Å². The number of ketones is 2. The third kappa shape index (κ3) is 10.7. The van der Waals surface area contributed by atoms with Crippen LogP contribution in [0.15, 0.2) is 84.9 Å². The van der Waals surface area contributed by atoms with E-state index in [9.17, 15) is 18.4 Å². The first-order chi connectivity index (χ1) is 18.5. The second kappa shape index (κ2) is 15.4. The van der Waals surface area contributed by atoms with Crippen molar-refractivity contribution >= 4 is 23.2 Å². The summed E-state index contributed by atoms with van der Waals surface area (Å²) in [5.41, 5.74) is 4.75. The first-order valence-electron chi connectivity index (χ1n) is 12.1. The molecule has 0 unspecified atom stereocenters. The van der Waals surface area contributed by atoms with Gasteiger partial charge in [-0.2, -0.15) is 0 Å². The zero-order valence-electron chi connectivity index (χ0n) is 22.3. The van der Waals surface area contributed by atoms with Crippen LogP contribution in [0.4, 0.5) is 8.78 Å². The Morgan fingerprint density at radius 2 is 1.18 bits per heavy atom. The van der Waals surface area contributed by atoms with Crippen molar-refractivity contribution in [2.75, 3.05) is 0 Å². The van der Waals surface area contributed by atoms with E-state index >= 15 is 0 Å². The molecule has 4 aromatic rings. The molecule has 0 saturated heterocycles. The third-order valence-corrected chi connectivity index (χ3v) is 5.76. The monoisotopic (exact) mass is 552 g/mol. The number of hydrogen-bond acceptors (Lipinski definition) is 4. The fourth-order valence-electron chi connectivity index (χ4n) is 3.19. The van der Waals surface area contributed by atoms with Crippen molar-refractivity contribution in [2.24, 2.45) is 0 Å². The molecule has 0 radical (unpaired) electrons. The fourth-order valence-corrected chi connectivity index (χ4v) is 3.37. The minimum atomic E-state index is -0.683. The summed E-state index contributed by atoms with van der Waals surface area (Å²) in [7, 11) is 0. The van der Waals surface area contributed by atoms with Crippen molar-refractivity contribution in [1.29, 1.82) is 0 Å². The van der Waals surface area contributed by atoms with Gasteiger partial charge < -0.3 is 9.84 Å². The van der Waals surface area contributed by atoms with Crippen LogP contribution >= 0.6 is 11.6 Å². The van der Waals surface area contributed by atoms with Crippen LogP contribution < -0.4 is 4.74 Å². The Kier molecular flexibility index (Phi) is 12.3. The van der Waals surface area contributed by atoms with Gasteiger partial charge >= 0.3 is 0 Å². The lowest BCUT2D eigenvalue weighted by Crippen LogP contribution is -1.99. The largest absolute Gasteiger partial charge is 0.508 e. The zero-order valence-corrected chi connectivity index (χ0v) is 23.1. The van der Waals surface area contributed by atoms with Crippen LogP contribution in [0.3, 0.4) is 0 Å². The summed E-state index contributed by atoms with van der Waals surface area (Å²) >= 11 is 5.58. The van der Waals surface area contributed by atoms with Crippen LogP contribution in [0.25, 0.3) is 0 Å². The van der Waals surface area contributed by atoms with Gasteiger partial charge in [-0.25, -0.2) is 8.78 Å². The molecule has 0 aromatic heterocycles. The number of phenolic OH excluding ortho intramolecular Hbond substituents is 1. The molecular formula is C32H31ClF2O4. The number of benzene rings is 4. The number of ether oxygens (including phenoxy) is 1. The van der Waals surface area contributed by atoms with Crippen molar-refractivity contribution in [2.45, 2.75) is 40.2 Å². The maximum Gasteiger partial charge on any atom is 0.162 e. The summed E-state index contributed by atoms with van der Waals surface area (Å²) in [6.45, 7) is 7.07. The number of aromatic hydroxyl groups is 1. The molecule has 0 fully saturated rings. The van der Waals surface area contributed by atoms with E-state index in [0.717, 1.165) is 11.6 Å². The summed E-state index contributed by atoms with van der Waals surface area (Å²) in [5, 5.41) is 8.77. The normalized spacial score (nSPS) is 9.92. The highest BCUT2D eigenvalue weighted by atomic mass is 35.5. The first kappa shape index (κ1) is 31.2. The number of alkyl halides is 1. The van der Waals surface area contributed by atoms with Gasteiger partial charge in [-0.3, -0.25) is 9.59 Å². The molecule has 39 heavy (non-hydrogen) atoms. The van der Waals surface area contributed by atoms with Gasteiger partial charge in [0.2, 0.25) is 0 Å². The Morgan fingerprint density at radius 3 is 1.62 bits per heavy atom. The van der Waals surface area contributed by atoms with Crippen LogP contribution in [0, 0.1) is 25.5 Å². The molecule has 0 amide bonds. The quantitative estimate of drug-likeness (QED) is 0.193. The number of phenols is 1. The maximum atomic E-state index is 13.6. The SMILES string of the molecule is CC(=O)c1ccc(O)cc1F.CC(=O)c1ccc(OCc2ccc(C)cc2)cc1F.Cc1ccc(CCl)cc1. The Bertz CT molecular complexity index is 1380. The van der Waals surface area contributed by atoms with Crippen LogP contribution in [-0.4, -0.2) is 16.7 Å². The number of carbonyl (C=O) groups excluding carboxylic acids is 2. The molecule has 204 valence electrons. The smallest absolute Gasteiger partial charge is 0.162 e. The predicted octanol–water partition coefficient (Wildman–Crippen LogP) is 8.38. The molecule has 0 aliphatic rings. The molecule has 1 N–H and O–H groups in total. The summed E-state index contributed by atoms with van der Waals surface area (Å²) in [5.74, 6) is -1.01. The van der Waals surface area contributed by atoms with Gasteiger partial charge in [-0.1, -0.05) is 59.7 Å². The number of aryl methyl sites for hydroxylation is 2. The fraction of sp³-hybridized carbons (Fsp3) is 0.188. The van der Waals surface area contributed by atoms with Gasteiger partial charge in [0.05, 0.1) is 11.1 Å². The number of Topliss-reactive ketones (excluding diaryl/α,β-unsaturated/α-hetero) is 2. The Morgan fingerprint density at radius 1 is 0.718 bits per heavy atom. The molecule has 0 atom stereocenters. The number of rotatable bonds is 6. The third-order valence-electron chi connectivity index (χ3n) is 5.45. The van der Waals surface area contributed by atoms with Crippen molar-refractivity contribution in [3.8, 4) is 11.5 Å². The number of carbonyl (C=O) groups is 2. The molecule has 0 aliphatic carbocycles. The lowest BCUT2D eigenvalue weighted by molar-refractivity contribution is 0.100. The van der Waals surface area contributed by atoms with Gasteiger partial charge in [0.1, 0.15) is 29.7 Å². The van der Waals surface area contributed by atoms with E-state index in [-0.39, 0.29) is 28.4 Å². The molecule has 0 spiro atoms. The van der Waals surface area contributed by atoms with Crippen molar-refractivity contribution in [1.82, 2.24) is 0 Å². The summed E-state index contributed by atoms with van der Waals surface area (Å²) < 4.78 is 31.8. The topological polar surface area (TPSA) is 63.6 Å². The van der Waals surface area contributed by atoms with E-state index in [1.165, 1.54) is 54.8 Å². The predicted molar refractivity (Wildman–Crippen MR) is 151 cm³/mol. The minimum absolute atomic E-state index is 0.00259. The molecule has 4 rings (SSSR count). The highest BCUT2D eigenvalue weighted by molar-refractivity contribution is 6.17. The highest BCUT2D eigenvalue weighted by Crippen LogP contribution is 2.19. The number of hydrogen-bond donors (Lipinski definition) is 1. The van der Waals surface area contributed by atoms with Crippen LogP contribution in [0.5, 0.6) is 11.5 Å². The van der Waals surface area contributed by atoms with E-state index < -0.39 is 11.6 Å². The molecule has 7 heteroatoms. The average Bonchev–Trinajstić information content (AvgIpc) is 2.89. The van der Waals surface area contributed by atoms with E-state index in [0.29, 0.717) is 18.2 Å². The van der Waals surface area contributed by atoms with Crippen molar-refractivity contribution in [3.05, 3.63) is 130 Å². The highest BCUT2D eigenvalue weighted by Gasteiger charge is 2.08. The Balaban J connectivity index is 0.000000226. The van der Waals surface area contributed by atoms with Crippen molar-refractivity contribution in [3.63, 3.8) is 0 Å². The molecule has 0 saturated carbocycles. The molecule has 4 nitrogen and oxygen atoms in total. The van der Waals surface area contributed by atoms with Crippen LogP contribution in [-0.2, 0) is 12.5 Å².